The number of benzene rings is 1. The van der Waals surface area contributed by atoms with Crippen LogP contribution in [0.2, 0.25) is 10.0 Å². The average Bonchev–Trinajstić information content (AvgIpc) is 2.89. The first kappa shape index (κ1) is 13.0. The van der Waals surface area contributed by atoms with Gasteiger partial charge < -0.3 is 9.72 Å². The number of hydrogen-bond acceptors (Lipinski definition) is 2. The molecule has 6 heteroatoms. The standard InChI is InChI=1S/C14H9Cl2N3O/c15-10-2-3-12(11(16)7-10)18-14(20)9-1-4-13-17-5-6-19(13)8-9/h1-8H,(H,18,20). The van der Waals surface area contributed by atoms with E-state index in [1.165, 1.54) is 0 Å². The second kappa shape index (κ2) is 5.15. The van der Waals surface area contributed by atoms with Gasteiger partial charge in [-0.2, -0.15) is 0 Å². The minimum Gasteiger partial charge on any atom is -0.321 e. The van der Waals surface area contributed by atoms with Gasteiger partial charge in [-0.05, 0) is 30.3 Å². The molecule has 0 fully saturated rings. The van der Waals surface area contributed by atoms with Gasteiger partial charge in [0.25, 0.3) is 5.91 Å². The van der Waals surface area contributed by atoms with Crippen LogP contribution < -0.4 is 5.32 Å². The van der Waals surface area contributed by atoms with Gasteiger partial charge in [-0.1, -0.05) is 23.2 Å². The maximum Gasteiger partial charge on any atom is 0.257 e. The third-order valence-electron chi connectivity index (χ3n) is 2.83. The molecule has 0 atom stereocenters. The summed E-state index contributed by atoms with van der Waals surface area (Å²) in [6, 6.07) is 8.40. The van der Waals surface area contributed by atoms with Crippen molar-refractivity contribution in [2.24, 2.45) is 0 Å². The molecule has 20 heavy (non-hydrogen) atoms. The Bertz CT molecular complexity index is 798. The zero-order valence-corrected chi connectivity index (χ0v) is 11.7. The number of aromatic nitrogens is 2. The van der Waals surface area contributed by atoms with E-state index in [9.17, 15) is 4.79 Å². The van der Waals surface area contributed by atoms with E-state index in [0.717, 1.165) is 5.65 Å². The Morgan fingerprint density at radius 3 is 2.85 bits per heavy atom. The molecule has 2 heterocycles. The molecule has 0 unspecified atom stereocenters. The van der Waals surface area contributed by atoms with E-state index in [-0.39, 0.29) is 5.91 Å². The number of amides is 1. The quantitative estimate of drug-likeness (QED) is 0.780. The molecule has 0 radical (unpaired) electrons. The van der Waals surface area contributed by atoms with Gasteiger partial charge in [0, 0.05) is 23.6 Å². The largest absolute Gasteiger partial charge is 0.321 e. The molecule has 0 bridgehead atoms. The Balaban J connectivity index is 1.88. The van der Waals surface area contributed by atoms with E-state index in [1.807, 2.05) is 0 Å². The minimum absolute atomic E-state index is 0.246. The number of fused-ring (bicyclic) bond motifs is 1. The minimum atomic E-state index is -0.246. The Hall–Kier alpha value is -2.04. The van der Waals surface area contributed by atoms with Gasteiger partial charge in [0.1, 0.15) is 5.65 Å². The fraction of sp³-hybridized carbons (Fsp3) is 0. The number of rotatable bonds is 2. The SMILES string of the molecule is O=C(Nc1ccc(Cl)cc1Cl)c1ccc2nccn2c1. The predicted octanol–water partition coefficient (Wildman–Crippen LogP) is 3.89. The maximum absolute atomic E-state index is 12.2. The zero-order valence-electron chi connectivity index (χ0n) is 10.2. The lowest BCUT2D eigenvalue weighted by Crippen LogP contribution is -2.12. The van der Waals surface area contributed by atoms with Crippen molar-refractivity contribution in [3.05, 3.63) is 64.5 Å². The number of carbonyl (C=O) groups excluding carboxylic acids is 1. The van der Waals surface area contributed by atoms with Gasteiger partial charge in [-0.3, -0.25) is 4.79 Å². The van der Waals surface area contributed by atoms with Crippen LogP contribution in [0.4, 0.5) is 5.69 Å². The fourth-order valence-corrected chi connectivity index (χ4v) is 2.30. The lowest BCUT2D eigenvalue weighted by Gasteiger charge is -2.07. The van der Waals surface area contributed by atoms with E-state index >= 15 is 0 Å². The highest BCUT2D eigenvalue weighted by atomic mass is 35.5. The second-order valence-electron chi connectivity index (χ2n) is 4.19. The van der Waals surface area contributed by atoms with Crippen LogP contribution in [0.25, 0.3) is 5.65 Å². The number of nitrogens with one attached hydrogen (secondary N) is 1. The van der Waals surface area contributed by atoms with Crippen molar-refractivity contribution in [2.75, 3.05) is 5.32 Å². The van der Waals surface area contributed by atoms with Gasteiger partial charge >= 0.3 is 0 Å². The predicted molar refractivity (Wildman–Crippen MR) is 79.6 cm³/mol. The van der Waals surface area contributed by atoms with Crippen molar-refractivity contribution in [3.8, 4) is 0 Å². The summed E-state index contributed by atoms with van der Waals surface area (Å²) in [5.74, 6) is -0.246. The molecule has 1 N–H and O–H groups in total. The highest BCUT2D eigenvalue weighted by Crippen LogP contribution is 2.25. The smallest absolute Gasteiger partial charge is 0.257 e. The highest BCUT2D eigenvalue weighted by molar-refractivity contribution is 6.36. The second-order valence-corrected chi connectivity index (χ2v) is 5.03. The molecule has 3 aromatic rings. The third-order valence-corrected chi connectivity index (χ3v) is 3.38. The van der Waals surface area contributed by atoms with Crippen LogP contribution in [-0.2, 0) is 0 Å². The highest BCUT2D eigenvalue weighted by Gasteiger charge is 2.09. The van der Waals surface area contributed by atoms with Crippen LogP contribution in [0.5, 0.6) is 0 Å². The van der Waals surface area contributed by atoms with Crippen LogP contribution in [-0.4, -0.2) is 15.3 Å². The van der Waals surface area contributed by atoms with Crippen LogP contribution in [0.1, 0.15) is 10.4 Å². The molecule has 0 saturated heterocycles. The van der Waals surface area contributed by atoms with Crippen molar-refractivity contribution in [1.82, 2.24) is 9.38 Å². The molecule has 3 rings (SSSR count). The summed E-state index contributed by atoms with van der Waals surface area (Å²) in [7, 11) is 0. The van der Waals surface area contributed by atoms with Crippen molar-refractivity contribution < 1.29 is 4.79 Å². The number of carbonyl (C=O) groups is 1. The lowest BCUT2D eigenvalue weighted by atomic mass is 10.2. The number of imidazole rings is 1. The maximum atomic E-state index is 12.2. The molecular weight excluding hydrogens is 297 g/mol. The van der Waals surface area contributed by atoms with Crippen molar-refractivity contribution in [1.29, 1.82) is 0 Å². The van der Waals surface area contributed by atoms with Crippen molar-refractivity contribution in [3.63, 3.8) is 0 Å². The summed E-state index contributed by atoms with van der Waals surface area (Å²) in [5.41, 5.74) is 1.82. The number of anilines is 1. The molecule has 0 saturated carbocycles. The van der Waals surface area contributed by atoms with E-state index in [1.54, 1.807) is 53.3 Å². The van der Waals surface area contributed by atoms with Crippen LogP contribution in [0, 0.1) is 0 Å². The first-order valence-electron chi connectivity index (χ1n) is 5.82. The molecule has 1 amide bonds. The number of nitrogens with zero attached hydrogens (tertiary/aromatic N) is 2. The number of pyridine rings is 1. The lowest BCUT2D eigenvalue weighted by molar-refractivity contribution is 0.102. The van der Waals surface area contributed by atoms with Gasteiger partial charge in [-0.15, -0.1) is 0 Å². The summed E-state index contributed by atoms with van der Waals surface area (Å²) >= 11 is 11.8. The van der Waals surface area contributed by atoms with E-state index < -0.39 is 0 Å². The first-order chi connectivity index (χ1) is 9.63. The van der Waals surface area contributed by atoms with E-state index in [0.29, 0.717) is 21.3 Å². The molecular formula is C14H9Cl2N3O. The summed E-state index contributed by atoms with van der Waals surface area (Å²) in [6.07, 6.45) is 5.16. The van der Waals surface area contributed by atoms with Gasteiger partial charge in [0.05, 0.1) is 16.3 Å². The normalized spacial score (nSPS) is 10.7. The van der Waals surface area contributed by atoms with Crippen LogP contribution >= 0.6 is 23.2 Å². The molecule has 0 aliphatic carbocycles. The fourth-order valence-electron chi connectivity index (χ4n) is 1.84. The zero-order chi connectivity index (χ0) is 14.1. The average molecular weight is 306 g/mol. The Morgan fingerprint density at radius 1 is 1.20 bits per heavy atom. The van der Waals surface area contributed by atoms with Crippen molar-refractivity contribution in [2.45, 2.75) is 0 Å². The summed E-state index contributed by atoms with van der Waals surface area (Å²) in [5, 5.41) is 3.67. The van der Waals surface area contributed by atoms with Gasteiger partial charge in [0.15, 0.2) is 0 Å². The first-order valence-corrected chi connectivity index (χ1v) is 6.58. The van der Waals surface area contributed by atoms with E-state index in [4.69, 9.17) is 23.2 Å². The molecule has 0 aliphatic rings. The number of halogens is 2. The molecule has 0 aliphatic heterocycles. The Labute approximate surface area is 125 Å². The van der Waals surface area contributed by atoms with Gasteiger partial charge in [0.2, 0.25) is 0 Å². The molecule has 1 aromatic carbocycles. The van der Waals surface area contributed by atoms with Crippen LogP contribution in [0.3, 0.4) is 0 Å². The summed E-state index contributed by atoms with van der Waals surface area (Å²) in [4.78, 5) is 16.3. The molecule has 2 aromatic heterocycles. The van der Waals surface area contributed by atoms with Gasteiger partial charge in [-0.25, -0.2) is 4.98 Å². The number of hydrogen-bond donors (Lipinski definition) is 1. The Kier molecular flexibility index (Phi) is 3.34. The Morgan fingerprint density at radius 2 is 2.05 bits per heavy atom. The summed E-state index contributed by atoms with van der Waals surface area (Å²) in [6.45, 7) is 0. The monoisotopic (exact) mass is 305 g/mol. The molecule has 0 spiro atoms. The topological polar surface area (TPSA) is 46.4 Å². The molecule has 4 nitrogen and oxygen atoms in total. The van der Waals surface area contributed by atoms with Crippen LogP contribution in [0.15, 0.2) is 48.9 Å². The summed E-state index contributed by atoms with van der Waals surface area (Å²) < 4.78 is 1.78. The third kappa shape index (κ3) is 2.48. The van der Waals surface area contributed by atoms with E-state index in [2.05, 4.69) is 10.3 Å². The molecule has 100 valence electrons. The van der Waals surface area contributed by atoms with Crippen molar-refractivity contribution >= 4 is 40.4 Å².